The Labute approximate surface area is 135 Å². The predicted molar refractivity (Wildman–Crippen MR) is 88.4 cm³/mol. The highest BCUT2D eigenvalue weighted by atomic mass is 79.9. The van der Waals surface area contributed by atoms with E-state index in [1.807, 2.05) is 6.07 Å². The Hall–Kier alpha value is -0.740. The first-order valence-corrected chi connectivity index (χ1v) is 8.82. The third-order valence-electron chi connectivity index (χ3n) is 4.59. The number of methoxy groups -OCH3 is 1. The monoisotopic (exact) mass is 353 g/mol. The van der Waals surface area contributed by atoms with Gasteiger partial charge in [0, 0.05) is 22.5 Å². The fraction of sp³-hybridized carbons (Fsp3) is 0.647. The molecular formula is C17H24BrNO2. The van der Waals surface area contributed by atoms with Crippen LogP contribution in [-0.4, -0.2) is 26.3 Å². The molecule has 3 rings (SSSR count). The molecule has 4 heteroatoms. The molecule has 0 aromatic heterocycles. The SMILES string of the molecule is COc1cc(Br)cc(C2CCCNC2)c1OC1CCCC1. The Morgan fingerprint density at radius 2 is 1.95 bits per heavy atom. The van der Waals surface area contributed by atoms with Gasteiger partial charge in [0.25, 0.3) is 0 Å². The topological polar surface area (TPSA) is 30.5 Å². The maximum Gasteiger partial charge on any atom is 0.165 e. The minimum absolute atomic E-state index is 0.357. The van der Waals surface area contributed by atoms with E-state index in [9.17, 15) is 0 Å². The van der Waals surface area contributed by atoms with Gasteiger partial charge in [-0.2, -0.15) is 0 Å². The van der Waals surface area contributed by atoms with Crippen molar-refractivity contribution < 1.29 is 9.47 Å². The molecule has 1 saturated heterocycles. The minimum atomic E-state index is 0.357. The number of rotatable bonds is 4. The van der Waals surface area contributed by atoms with Crippen molar-refractivity contribution in [2.75, 3.05) is 20.2 Å². The van der Waals surface area contributed by atoms with E-state index in [0.29, 0.717) is 12.0 Å². The van der Waals surface area contributed by atoms with Crippen molar-refractivity contribution in [2.45, 2.75) is 50.5 Å². The van der Waals surface area contributed by atoms with Gasteiger partial charge in [-0.3, -0.25) is 0 Å². The molecule has 0 amide bonds. The molecule has 2 fully saturated rings. The first-order chi connectivity index (χ1) is 10.3. The molecule has 3 nitrogen and oxygen atoms in total. The highest BCUT2D eigenvalue weighted by Crippen LogP contribution is 2.42. The van der Waals surface area contributed by atoms with Gasteiger partial charge in [-0.15, -0.1) is 0 Å². The zero-order valence-electron chi connectivity index (χ0n) is 12.7. The van der Waals surface area contributed by atoms with Crippen LogP contribution >= 0.6 is 15.9 Å². The van der Waals surface area contributed by atoms with E-state index in [1.54, 1.807) is 7.11 Å². The number of benzene rings is 1. The highest BCUT2D eigenvalue weighted by Gasteiger charge is 2.25. The summed E-state index contributed by atoms with van der Waals surface area (Å²) in [7, 11) is 1.73. The van der Waals surface area contributed by atoms with Crippen LogP contribution in [0, 0.1) is 0 Å². The van der Waals surface area contributed by atoms with Crippen LogP contribution in [0.15, 0.2) is 16.6 Å². The van der Waals surface area contributed by atoms with Crippen LogP contribution in [0.2, 0.25) is 0 Å². The number of hydrogen-bond acceptors (Lipinski definition) is 3. The molecule has 116 valence electrons. The second-order valence-corrected chi connectivity index (χ2v) is 7.01. The first-order valence-electron chi connectivity index (χ1n) is 8.02. The number of ether oxygens (including phenoxy) is 2. The standard InChI is InChI=1S/C17H24BrNO2/c1-20-16-10-13(18)9-15(12-5-4-8-19-11-12)17(16)21-14-6-2-3-7-14/h9-10,12,14,19H,2-8,11H2,1H3. The van der Waals surface area contributed by atoms with Crippen LogP contribution in [0.3, 0.4) is 0 Å². The lowest BCUT2D eigenvalue weighted by Crippen LogP contribution is -2.29. The van der Waals surface area contributed by atoms with Crippen molar-refractivity contribution in [1.29, 1.82) is 0 Å². The normalized spacial score (nSPS) is 23.2. The van der Waals surface area contributed by atoms with E-state index in [0.717, 1.165) is 29.1 Å². The summed E-state index contributed by atoms with van der Waals surface area (Å²) in [5.41, 5.74) is 1.29. The van der Waals surface area contributed by atoms with Gasteiger partial charge in [0.2, 0.25) is 0 Å². The highest BCUT2D eigenvalue weighted by molar-refractivity contribution is 9.10. The molecule has 21 heavy (non-hydrogen) atoms. The molecule has 1 heterocycles. The number of nitrogens with one attached hydrogen (secondary N) is 1. The van der Waals surface area contributed by atoms with Gasteiger partial charge < -0.3 is 14.8 Å². The van der Waals surface area contributed by atoms with E-state index >= 15 is 0 Å². The molecule has 0 spiro atoms. The summed E-state index contributed by atoms with van der Waals surface area (Å²) in [4.78, 5) is 0. The fourth-order valence-corrected chi connectivity index (χ4v) is 3.91. The van der Waals surface area contributed by atoms with Crippen molar-refractivity contribution in [1.82, 2.24) is 5.32 Å². The summed E-state index contributed by atoms with van der Waals surface area (Å²) in [6.45, 7) is 2.15. The molecule has 1 atom stereocenters. The summed E-state index contributed by atoms with van der Waals surface area (Å²) in [6, 6.07) is 4.23. The number of halogens is 1. The molecular weight excluding hydrogens is 330 g/mol. The minimum Gasteiger partial charge on any atom is -0.493 e. The molecule has 1 aromatic carbocycles. The Morgan fingerprint density at radius 1 is 1.14 bits per heavy atom. The zero-order chi connectivity index (χ0) is 14.7. The van der Waals surface area contributed by atoms with E-state index in [-0.39, 0.29) is 0 Å². The largest absolute Gasteiger partial charge is 0.493 e. The molecule has 1 saturated carbocycles. The second-order valence-electron chi connectivity index (χ2n) is 6.09. The first kappa shape index (κ1) is 15.2. The van der Waals surface area contributed by atoms with Crippen LogP contribution in [0.1, 0.15) is 50.0 Å². The van der Waals surface area contributed by atoms with Crippen LogP contribution in [0.25, 0.3) is 0 Å². The molecule has 1 unspecified atom stereocenters. The molecule has 0 bridgehead atoms. The van der Waals surface area contributed by atoms with Crippen molar-refractivity contribution in [2.24, 2.45) is 0 Å². The number of piperidine rings is 1. The van der Waals surface area contributed by atoms with Crippen LogP contribution in [-0.2, 0) is 0 Å². The fourth-order valence-electron chi connectivity index (χ4n) is 3.46. The lowest BCUT2D eigenvalue weighted by atomic mass is 9.90. The molecule has 1 aliphatic heterocycles. The summed E-state index contributed by atoms with van der Waals surface area (Å²) in [5, 5.41) is 3.50. The third kappa shape index (κ3) is 3.54. The van der Waals surface area contributed by atoms with Crippen LogP contribution < -0.4 is 14.8 Å². The molecule has 2 aliphatic rings. The van der Waals surface area contributed by atoms with Gasteiger partial charge >= 0.3 is 0 Å². The Balaban J connectivity index is 1.92. The molecule has 1 aromatic rings. The van der Waals surface area contributed by atoms with Gasteiger partial charge in [-0.25, -0.2) is 0 Å². The van der Waals surface area contributed by atoms with Crippen molar-refractivity contribution in [3.05, 3.63) is 22.2 Å². The molecule has 1 aliphatic carbocycles. The Bertz CT molecular complexity index is 480. The van der Waals surface area contributed by atoms with Crippen molar-refractivity contribution in [3.63, 3.8) is 0 Å². The zero-order valence-corrected chi connectivity index (χ0v) is 14.2. The van der Waals surface area contributed by atoms with E-state index in [1.165, 1.54) is 44.1 Å². The maximum absolute atomic E-state index is 6.36. The lowest BCUT2D eigenvalue weighted by Gasteiger charge is -2.27. The van der Waals surface area contributed by atoms with Gasteiger partial charge in [0.05, 0.1) is 13.2 Å². The van der Waals surface area contributed by atoms with Crippen molar-refractivity contribution in [3.8, 4) is 11.5 Å². The van der Waals surface area contributed by atoms with E-state index in [2.05, 4.69) is 27.3 Å². The van der Waals surface area contributed by atoms with Gasteiger partial charge in [-0.05, 0) is 57.2 Å². The average Bonchev–Trinajstić information content (AvgIpc) is 3.02. The maximum atomic E-state index is 6.36. The third-order valence-corrected chi connectivity index (χ3v) is 5.05. The van der Waals surface area contributed by atoms with Gasteiger partial charge in [0.1, 0.15) is 0 Å². The molecule has 0 radical (unpaired) electrons. The summed E-state index contributed by atoms with van der Waals surface area (Å²) < 4.78 is 13.0. The number of hydrogen-bond donors (Lipinski definition) is 1. The summed E-state index contributed by atoms with van der Waals surface area (Å²) in [6.07, 6.45) is 7.70. The van der Waals surface area contributed by atoms with Crippen LogP contribution in [0.4, 0.5) is 0 Å². The predicted octanol–water partition coefficient (Wildman–Crippen LogP) is 4.25. The van der Waals surface area contributed by atoms with E-state index < -0.39 is 0 Å². The Kier molecular flexibility index (Phi) is 5.07. The van der Waals surface area contributed by atoms with Crippen molar-refractivity contribution >= 4 is 15.9 Å². The second kappa shape index (κ2) is 7.01. The Morgan fingerprint density at radius 3 is 2.62 bits per heavy atom. The summed E-state index contributed by atoms with van der Waals surface area (Å²) in [5.74, 6) is 2.35. The molecule has 1 N–H and O–H groups in total. The smallest absolute Gasteiger partial charge is 0.165 e. The quantitative estimate of drug-likeness (QED) is 0.877. The van der Waals surface area contributed by atoms with Gasteiger partial charge in [-0.1, -0.05) is 15.9 Å². The van der Waals surface area contributed by atoms with Crippen LogP contribution in [0.5, 0.6) is 11.5 Å². The van der Waals surface area contributed by atoms with Gasteiger partial charge in [0.15, 0.2) is 11.5 Å². The average molecular weight is 354 g/mol. The summed E-state index contributed by atoms with van der Waals surface area (Å²) >= 11 is 3.61. The van der Waals surface area contributed by atoms with E-state index in [4.69, 9.17) is 9.47 Å². The lowest BCUT2D eigenvalue weighted by molar-refractivity contribution is 0.196.